The number of anilines is 4. The zero-order chi connectivity index (χ0) is 35.4. The predicted octanol–water partition coefficient (Wildman–Crippen LogP) is 10.4. The van der Waals surface area contributed by atoms with Gasteiger partial charge in [-0.05, 0) is 118 Å². The molecule has 0 aliphatic carbocycles. The maximum atomic E-state index is 10.0. The Kier molecular flexibility index (Phi) is 7.80. The van der Waals surface area contributed by atoms with Crippen molar-refractivity contribution in [2.75, 3.05) is 10.6 Å². The Balaban J connectivity index is 1.33. The molecule has 1 unspecified atom stereocenters. The molecule has 7 aromatic rings. The molecule has 250 valence electrons. The number of hydrogen-bond donors (Lipinski definition) is 1. The van der Waals surface area contributed by atoms with Gasteiger partial charge in [-0.15, -0.1) is 0 Å². The minimum absolute atomic E-state index is 0.133. The molecular weight excluding hydrogens is 650 g/mol. The van der Waals surface area contributed by atoms with Crippen LogP contribution in [0, 0.1) is 11.3 Å². The first-order chi connectivity index (χ1) is 25.4. The molecule has 0 aromatic heterocycles. The summed E-state index contributed by atoms with van der Waals surface area (Å²) in [7, 11) is -0.994. The van der Waals surface area contributed by atoms with Crippen LogP contribution in [0.1, 0.15) is 41.7 Å². The second kappa shape index (κ2) is 12.7. The summed E-state index contributed by atoms with van der Waals surface area (Å²) in [5.41, 5.74) is 20.9. The molecule has 2 aliphatic heterocycles. The lowest BCUT2D eigenvalue weighted by Gasteiger charge is -2.42. The normalized spacial score (nSPS) is 15.3. The van der Waals surface area contributed by atoms with Crippen molar-refractivity contribution < 1.29 is 0 Å². The minimum Gasteiger partial charge on any atom is -0.398 e. The van der Waals surface area contributed by atoms with Crippen LogP contribution in [0.25, 0.3) is 22.3 Å². The van der Waals surface area contributed by atoms with Crippen LogP contribution in [-0.4, -0.2) is 0 Å². The summed E-state index contributed by atoms with van der Waals surface area (Å²) in [5, 5.41) is 13.9. The molecule has 0 radical (unpaired) electrons. The fourth-order valence-electron chi connectivity index (χ4n) is 8.38. The summed E-state index contributed by atoms with van der Waals surface area (Å²) in [4.78, 5) is 2.45. The SMILES string of the molecule is CC1(C)c2ccccc2N(c2ccc3c(c2)-c2ccccc2P(c2ccccc2)c2ccccc2-c2cc(N)c(C#N)cc2CC3)c2ccccc21. The smallest absolute Gasteiger partial charge is 0.101 e. The van der Waals surface area contributed by atoms with Crippen molar-refractivity contribution in [3.8, 4) is 28.3 Å². The fraction of sp³-hybridized carbons (Fsp3) is 0.104. The van der Waals surface area contributed by atoms with Gasteiger partial charge >= 0.3 is 0 Å². The van der Waals surface area contributed by atoms with Gasteiger partial charge in [0.1, 0.15) is 6.07 Å². The van der Waals surface area contributed by atoms with Crippen molar-refractivity contribution in [3.63, 3.8) is 0 Å². The Morgan fingerprint density at radius 1 is 0.577 bits per heavy atom. The number of hydrogen-bond acceptors (Lipinski definition) is 3. The Morgan fingerprint density at radius 2 is 1.12 bits per heavy atom. The molecule has 52 heavy (non-hydrogen) atoms. The Labute approximate surface area is 307 Å². The number of nitrogens with two attached hydrogens (primary N) is 1. The first-order valence-corrected chi connectivity index (χ1v) is 19.3. The third kappa shape index (κ3) is 5.14. The monoisotopic (exact) mass is 687 g/mol. The number of nitrogens with zero attached hydrogens (tertiary/aromatic N) is 2. The predicted molar refractivity (Wildman–Crippen MR) is 219 cm³/mol. The highest BCUT2D eigenvalue weighted by Crippen LogP contribution is 2.52. The number of rotatable bonds is 2. The molecule has 2 heterocycles. The lowest BCUT2D eigenvalue weighted by molar-refractivity contribution is 0.632. The molecule has 0 amide bonds. The molecule has 3 nitrogen and oxygen atoms in total. The van der Waals surface area contributed by atoms with Crippen LogP contribution in [0.5, 0.6) is 0 Å². The molecule has 0 fully saturated rings. The lowest BCUT2D eigenvalue weighted by Crippen LogP contribution is -2.30. The number of para-hydroxylation sites is 2. The van der Waals surface area contributed by atoms with Crippen molar-refractivity contribution in [2.45, 2.75) is 32.1 Å². The van der Waals surface area contributed by atoms with Crippen molar-refractivity contribution in [2.24, 2.45) is 0 Å². The van der Waals surface area contributed by atoms with E-state index in [2.05, 4.69) is 170 Å². The third-order valence-corrected chi connectivity index (χ3v) is 13.5. The van der Waals surface area contributed by atoms with Crippen LogP contribution in [0.3, 0.4) is 0 Å². The number of nitrogen functional groups attached to an aromatic ring is 1. The van der Waals surface area contributed by atoms with E-state index in [9.17, 15) is 5.26 Å². The number of nitriles is 1. The number of aryl methyl sites for hydroxylation is 2. The minimum atomic E-state index is -0.994. The van der Waals surface area contributed by atoms with Gasteiger partial charge < -0.3 is 10.6 Å². The second-order valence-corrected chi connectivity index (χ2v) is 16.4. The summed E-state index contributed by atoms with van der Waals surface area (Å²) in [6.45, 7) is 4.67. The summed E-state index contributed by atoms with van der Waals surface area (Å²) >= 11 is 0. The highest BCUT2D eigenvalue weighted by Gasteiger charge is 2.37. The quantitative estimate of drug-likeness (QED) is 0.145. The molecular formula is C48H38N3P. The van der Waals surface area contributed by atoms with Gasteiger partial charge in [0.25, 0.3) is 0 Å². The van der Waals surface area contributed by atoms with Crippen LogP contribution < -0.4 is 26.5 Å². The summed E-state index contributed by atoms with van der Waals surface area (Å²) in [5.74, 6) is 0. The number of benzene rings is 7. The van der Waals surface area contributed by atoms with E-state index in [4.69, 9.17) is 5.73 Å². The molecule has 1 atom stereocenters. The van der Waals surface area contributed by atoms with Crippen molar-refractivity contribution >= 4 is 46.6 Å². The van der Waals surface area contributed by atoms with Gasteiger partial charge in [0.2, 0.25) is 0 Å². The summed E-state index contributed by atoms with van der Waals surface area (Å²) in [6, 6.07) is 59.9. The maximum absolute atomic E-state index is 10.0. The van der Waals surface area contributed by atoms with Crippen LogP contribution in [0.4, 0.5) is 22.7 Å². The molecule has 0 bridgehead atoms. The lowest BCUT2D eigenvalue weighted by atomic mass is 9.73. The molecule has 2 aliphatic rings. The standard InChI is InChI=1S/C48H38N3P/c1-48(2)41-18-8-10-20-44(41)51(45-21-11-9-19-42(45)48)35-27-26-32-24-25-33-28-34(31-49)43(50)30-40(33)38-17-7-13-23-47(38)52(36-14-4-3-5-15-36)46-22-12-6-16-37(46)39(32)29-35/h3-23,26-30H,24-25,50H2,1-2H3. The van der Waals surface area contributed by atoms with Crippen LogP contribution in [-0.2, 0) is 18.3 Å². The highest BCUT2D eigenvalue weighted by molar-refractivity contribution is 7.80. The van der Waals surface area contributed by atoms with E-state index in [0.29, 0.717) is 11.3 Å². The number of fused-ring (bicyclic) bond motifs is 8. The Morgan fingerprint density at radius 3 is 1.75 bits per heavy atom. The van der Waals surface area contributed by atoms with Crippen molar-refractivity contribution in [3.05, 3.63) is 186 Å². The average molecular weight is 688 g/mol. The Bertz CT molecular complexity index is 2500. The second-order valence-electron chi connectivity index (χ2n) is 14.2. The average Bonchev–Trinajstić information content (AvgIpc) is 3.20. The van der Waals surface area contributed by atoms with Crippen LogP contribution >= 0.6 is 7.92 Å². The molecule has 0 saturated carbocycles. The van der Waals surface area contributed by atoms with Crippen LogP contribution in [0.15, 0.2) is 158 Å². The van der Waals surface area contributed by atoms with Crippen molar-refractivity contribution in [1.82, 2.24) is 0 Å². The molecule has 0 spiro atoms. The van der Waals surface area contributed by atoms with E-state index in [-0.39, 0.29) is 5.41 Å². The molecule has 9 rings (SSSR count). The highest BCUT2D eigenvalue weighted by atomic mass is 31.1. The summed E-state index contributed by atoms with van der Waals surface area (Å²) in [6.07, 6.45) is 1.59. The van der Waals surface area contributed by atoms with E-state index >= 15 is 0 Å². The summed E-state index contributed by atoms with van der Waals surface area (Å²) < 4.78 is 0. The molecule has 4 heteroatoms. The van der Waals surface area contributed by atoms with Gasteiger partial charge in [-0.25, -0.2) is 0 Å². The first-order valence-electron chi connectivity index (χ1n) is 17.9. The van der Waals surface area contributed by atoms with E-state index in [1.54, 1.807) is 0 Å². The van der Waals surface area contributed by atoms with E-state index < -0.39 is 7.92 Å². The third-order valence-electron chi connectivity index (χ3n) is 10.9. The van der Waals surface area contributed by atoms with Gasteiger partial charge in [0.05, 0.1) is 22.6 Å². The Hall–Kier alpha value is -5.94. The zero-order valence-electron chi connectivity index (χ0n) is 29.3. The first kappa shape index (κ1) is 32.0. The maximum Gasteiger partial charge on any atom is 0.101 e. The van der Waals surface area contributed by atoms with Crippen LogP contribution in [0.2, 0.25) is 0 Å². The topological polar surface area (TPSA) is 53.0 Å². The molecule has 7 aromatic carbocycles. The van der Waals surface area contributed by atoms with Gasteiger partial charge in [0, 0.05) is 11.1 Å². The van der Waals surface area contributed by atoms with Crippen molar-refractivity contribution in [1.29, 1.82) is 5.26 Å². The van der Waals surface area contributed by atoms with Gasteiger partial charge in [-0.2, -0.15) is 5.26 Å². The molecule has 0 saturated heterocycles. The largest absolute Gasteiger partial charge is 0.398 e. The van der Waals surface area contributed by atoms with Gasteiger partial charge in [-0.3, -0.25) is 0 Å². The van der Waals surface area contributed by atoms with E-state index in [0.717, 1.165) is 29.7 Å². The fourth-order valence-corrected chi connectivity index (χ4v) is 11.0. The van der Waals surface area contributed by atoms with Gasteiger partial charge in [0.15, 0.2) is 0 Å². The zero-order valence-corrected chi connectivity index (χ0v) is 30.2. The molecule has 2 N–H and O–H groups in total. The van der Waals surface area contributed by atoms with E-state index in [1.807, 2.05) is 12.1 Å². The van der Waals surface area contributed by atoms with E-state index in [1.165, 1.54) is 60.7 Å². The van der Waals surface area contributed by atoms with Gasteiger partial charge in [-0.1, -0.05) is 135 Å².